The Labute approximate surface area is 130 Å². The number of carbonyl (C=O) groups is 1. The summed E-state index contributed by atoms with van der Waals surface area (Å²) in [5.74, 6) is 0.808. The zero-order chi connectivity index (χ0) is 15.7. The topological polar surface area (TPSA) is 63.5 Å². The van der Waals surface area contributed by atoms with E-state index in [9.17, 15) is 4.79 Å². The molecule has 0 unspecified atom stereocenters. The fourth-order valence-corrected chi connectivity index (χ4v) is 3.07. The van der Waals surface area contributed by atoms with Gasteiger partial charge in [0.2, 0.25) is 5.91 Å². The van der Waals surface area contributed by atoms with Gasteiger partial charge in [-0.25, -0.2) is 0 Å². The second-order valence-electron chi connectivity index (χ2n) is 5.87. The minimum atomic E-state index is -0.197. The van der Waals surface area contributed by atoms with Crippen LogP contribution < -0.4 is 10.6 Å². The second-order valence-corrected chi connectivity index (χ2v) is 5.87. The van der Waals surface area contributed by atoms with Crippen molar-refractivity contribution in [2.75, 3.05) is 13.7 Å². The quantitative estimate of drug-likeness (QED) is 0.909. The first-order valence-corrected chi connectivity index (χ1v) is 7.64. The highest BCUT2D eigenvalue weighted by molar-refractivity contribution is 5.84. The summed E-state index contributed by atoms with van der Waals surface area (Å²) in [6.07, 6.45) is 0.813. The maximum atomic E-state index is 12.3. The van der Waals surface area contributed by atoms with Crippen molar-refractivity contribution in [2.45, 2.75) is 38.5 Å². The molecule has 0 aliphatic carbocycles. The Morgan fingerprint density at radius 1 is 1.45 bits per heavy atom. The lowest BCUT2D eigenvalue weighted by atomic mass is 10.1. The number of ether oxygens (including phenoxy) is 1. The summed E-state index contributed by atoms with van der Waals surface area (Å²) in [4.78, 5) is 12.3. The number of hydrogen-bond acceptors (Lipinski definition) is 4. The average molecular weight is 302 g/mol. The van der Waals surface area contributed by atoms with Gasteiger partial charge in [-0.15, -0.1) is 0 Å². The van der Waals surface area contributed by atoms with Crippen LogP contribution >= 0.6 is 0 Å². The lowest BCUT2D eigenvalue weighted by Crippen LogP contribution is -2.41. The number of para-hydroxylation sites is 1. The van der Waals surface area contributed by atoms with Crippen molar-refractivity contribution in [3.05, 3.63) is 35.6 Å². The minimum Gasteiger partial charge on any atom is -0.459 e. The number of fused-ring (bicyclic) bond motifs is 1. The number of hydrogen-bond donors (Lipinski definition) is 2. The Morgan fingerprint density at radius 2 is 2.23 bits per heavy atom. The zero-order valence-electron chi connectivity index (χ0n) is 13.2. The van der Waals surface area contributed by atoms with Gasteiger partial charge in [0.25, 0.3) is 0 Å². The van der Waals surface area contributed by atoms with Gasteiger partial charge < -0.3 is 19.8 Å². The van der Waals surface area contributed by atoms with Gasteiger partial charge in [-0.1, -0.05) is 18.2 Å². The monoisotopic (exact) mass is 302 g/mol. The molecule has 1 amide bonds. The van der Waals surface area contributed by atoms with Gasteiger partial charge in [0.15, 0.2) is 0 Å². The molecule has 1 aromatic carbocycles. The van der Waals surface area contributed by atoms with E-state index < -0.39 is 0 Å². The van der Waals surface area contributed by atoms with E-state index in [2.05, 4.69) is 10.6 Å². The summed E-state index contributed by atoms with van der Waals surface area (Å²) in [7, 11) is 1.67. The van der Waals surface area contributed by atoms with Crippen LogP contribution in [-0.4, -0.2) is 31.7 Å². The highest BCUT2D eigenvalue weighted by Crippen LogP contribution is 2.29. The van der Waals surface area contributed by atoms with Gasteiger partial charge in [-0.2, -0.15) is 0 Å². The SMILES string of the molecule is CO[C@@H]1CN[C@@H](C(=O)N[C@H](C)c2oc3ccccc3c2C)C1. The van der Waals surface area contributed by atoms with Crippen LogP contribution in [-0.2, 0) is 9.53 Å². The third kappa shape index (κ3) is 2.74. The molecule has 5 heteroatoms. The van der Waals surface area contributed by atoms with E-state index in [-0.39, 0.29) is 24.1 Å². The lowest BCUT2D eigenvalue weighted by Gasteiger charge is -2.16. The van der Waals surface area contributed by atoms with E-state index >= 15 is 0 Å². The van der Waals surface area contributed by atoms with Crippen LogP contribution in [0.2, 0.25) is 0 Å². The minimum absolute atomic E-state index is 0.00749. The molecular formula is C17H22N2O3. The number of carbonyl (C=O) groups excluding carboxylic acids is 1. The predicted molar refractivity (Wildman–Crippen MR) is 84.7 cm³/mol. The number of aryl methyl sites for hydroxylation is 1. The zero-order valence-corrected chi connectivity index (χ0v) is 13.2. The van der Waals surface area contributed by atoms with Crippen molar-refractivity contribution in [1.82, 2.24) is 10.6 Å². The highest BCUT2D eigenvalue weighted by Gasteiger charge is 2.30. The maximum Gasteiger partial charge on any atom is 0.237 e. The van der Waals surface area contributed by atoms with E-state index in [1.54, 1.807) is 7.11 Å². The molecule has 0 bridgehead atoms. The molecule has 2 N–H and O–H groups in total. The first-order valence-electron chi connectivity index (χ1n) is 7.64. The van der Waals surface area contributed by atoms with Gasteiger partial charge in [0, 0.05) is 24.6 Å². The van der Waals surface area contributed by atoms with Crippen molar-refractivity contribution in [3.63, 3.8) is 0 Å². The summed E-state index contributed by atoms with van der Waals surface area (Å²) < 4.78 is 11.2. The maximum absolute atomic E-state index is 12.3. The molecule has 2 heterocycles. The normalized spacial score (nSPS) is 22.9. The van der Waals surface area contributed by atoms with Crippen LogP contribution in [0.15, 0.2) is 28.7 Å². The molecular weight excluding hydrogens is 280 g/mol. The van der Waals surface area contributed by atoms with Crippen molar-refractivity contribution in [2.24, 2.45) is 0 Å². The van der Waals surface area contributed by atoms with E-state index in [1.807, 2.05) is 38.1 Å². The smallest absolute Gasteiger partial charge is 0.237 e. The molecule has 0 spiro atoms. The number of rotatable bonds is 4. The molecule has 1 saturated heterocycles. The van der Waals surface area contributed by atoms with Gasteiger partial charge in [0.1, 0.15) is 11.3 Å². The molecule has 0 saturated carbocycles. The number of benzene rings is 1. The molecule has 1 aromatic heterocycles. The van der Waals surface area contributed by atoms with Gasteiger partial charge in [-0.05, 0) is 26.3 Å². The van der Waals surface area contributed by atoms with E-state index in [1.165, 1.54) is 0 Å². The highest BCUT2D eigenvalue weighted by atomic mass is 16.5. The summed E-state index contributed by atoms with van der Waals surface area (Å²) in [6, 6.07) is 7.56. The molecule has 22 heavy (non-hydrogen) atoms. The second kappa shape index (κ2) is 6.10. The van der Waals surface area contributed by atoms with Crippen LogP contribution in [0.1, 0.15) is 30.7 Å². The van der Waals surface area contributed by atoms with Crippen molar-refractivity contribution < 1.29 is 13.9 Å². The Bertz CT molecular complexity index is 680. The van der Waals surface area contributed by atoms with Crippen LogP contribution in [0.25, 0.3) is 11.0 Å². The number of furan rings is 1. The Balaban J connectivity index is 1.72. The molecule has 118 valence electrons. The summed E-state index contributed by atoms with van der Waals surface area (Å²) >= 11 is 0. The van der Waals surface area contributed by atoms with Crippen LogP contribution in [0.5, 0.6) is 0 Å². The average Bonchev–Trinajstić information content (AvgIpc) is 3.12. The lowest BCUT2D eigenvalue weighted by molar-refractivity contribution is -0.123. The summed E-state index contributed by atoms with van der Waals surface area (Å²) in [5.41, 5.74) is 1.94. The summed E-state index contributed by atoms with van der Waals surface area (Å²) in [6.45, 7) is 4.69. The number of methoxy groups -OCH3 is 1. The number of nitrogens with one attached hydrogen (secondary N) is 2. The van der Waals surface area contributed by atoms with E-state index in [0.717, 1.165) is 22.3 Å². The molecule has 0 radical (unpaired) electrons. The molecule has 5 nitrogen and oxygen atoms in total. The fourth-order valence-electron chi connectivity index (χ4n) is 3.07. The van der Waals surface area contributed by atoms with Gasteiger partial charge in [0.05, 0.1) is 18.2 Å². The van der Waals surface area contributed by atoms with Crippen LogP contribution in [0.3, 0.4) is 0 Å². The fraction of sp³-hybridized carbons (Fsp3) is 0.471. The van der Waals surface area contributed by atoms with Gasteiger partial charge >= 0.3 is 0 Å². The number of amides is 1. The molecule has 1 fully saturated rings. The largest absolute Gasteiger partial charge is 0.459 e. The Morgan fingerprint density at radius 3 is 2.91 bits per heavy atom. The van der Waals surface area contributed by atoms with Crippen molar-refractivity contribution in [3.8, 4) is 0 Å². The predicted octanol–water partition coefficient (Wildman–Crippen LogP) is 2.30. The summed E-state index contributed by atoms with van der Waals surface area (Å²) in [5, 5.41) is 7.32. The Hall–Kier alpha value is -1.85. The molecule has 1 aliphatic heterocycles. The van der Waals surface area contributed by atoms with Gasteiger partial charge in [-0.3, -0.25) is 4.79 Å². The van der Waals surface area contributed by atoms with Crippen LogP contribution in [0, 0.1) is 6.92 Å². The van der Waals surface area contributed by atoms with E-state index in [4.69, 9.17) is 9.15 Å². The first kappa shape index (κ1) is 15.1. The molecule has 1 aliphatic rings. The van der Waals surface area contributed by atoms with E-state index in [0.29, 0.717) is 13.0 Å². The van der Waals surface area contributed by atoms with Crippen molar-refractivity contribution in [1.29, 1.82) is 0 Å². The van der Waals surface area contributed by atoms with Crippen LogP contribution in [0.4, 0.5) is 0 Å². The first-order chi connectivity index (χ1) is 10.6. The Kier molecular flexibility index (Phi) is 4.18. The molecule has 3 atom stereocenters. The third-order valence-electron chi connectivity index (χ3n) is 4.37. The standard InChI is InChI=1S/C17H22N2O3/c1-10-13-6-4-5-7-15(13)22-16(10)11(2)19-17(20)14-8-12(21-3)9-18-14/h4-7,11-12,14,18H,8-9H2,1-3H3,(H,19,20)/t11-,12+,14-/m1/s1. The third-order valence-corrected chi connectivity index (χ3v) is 4.37. The van der Waals surface area contributed by atoms with Crippen molar-refractivity contribution >= 4 is 16.9 Å². The molecule has 2 aromatic rings. The molecule has 3 rings (SSSR count).